The Bertz CT molecular complexity index is 148. The van der Waals surface area contributed by atoms with E-state index in [4.69, 9.17) is 4.79 Å². The van der Waals surface area contributed by atoms with Gasteiger partial charge in [0.25, 0.3) is 0 Å². The molecule has 0 spiro atoms. The monoisotopic (exact) mass is 340 g/mol. The number of urea groups is 1. The van der Waals surface area contributed by atoms with Crippen molar-refractivity contribution >= 4 is 6.03 Å². The van der Waals surface area contributed by atoms with Crippen LogP contribution < -0.4 is 11.5 Å². The zero-order chi connectivity index (χ0) is 7.82. The Balaban J connectivity index is 0. The SMILES string of the molecule is NC(N)=O.[Hg].c1ccccc1. The van der Waals surface area contributed by atoms with Crippen LogP contribution in [-0.4, -0.2) is 6.03 Å². The van der Waals surface area contributed by atoms with Crippen LogP contribution >= 0.6 is 0 Å². The number of hydrogen-bond acceptors (Lipinski definition) is 1. The largest absolute Gasteiger partial charge is 0.352 e. The number of benzene rings is 1. The number of carbonyl (C=O) groups is 1. The number of amides is 2. The van der Waals surface area contributed by atoms with Gasteiger partial charge in [0.05, 0.1) is 0 Å². The molecule has 0 saturated carbocycles. The van der Waals surface area contributed by atoms with Gasteiger partial charge in [-0.15, -0.1) is 0 Å². The van der Waals surface area contributed by atoms with E-state index >= 15 is 0 Å². The fourth-order valence-corrected chi connectivity index (χ4v) is 0.385. The van der Waals surface area contributed by atoms with E-state index in [0.717, 1.165) is 0 Å². The minimum Gasteiger partial charge on any atom is -0.352 e. The summed E-state index contributed by atoms with van der Waals surface area (Å²) in [5.74, 6) is 0. The van der Waals surface area contributed by atoms with Gasteiger partial charge < -0.3 is 11.5 Å². The molecule has 0 aliphatic rings. The minimum atomic E-state index is -0.833. The van der Waals surface area contributed by atoms with E-state index in [1.807, 2.05) is 36.4 Å². The zero-order valence-corrected chi connectivity index (χ0v) is 11.7. The fourth-order valence-electron chi connectivity index (χ4n) is 0.385. The van der Waals surface area contributed by atoms with Gasteiger partial charge in [-0.3, -0.25) is 0 Å². The predicted octanol–water partition coefficient (Wildman–Crippen LogP) is 0.708. The van der Waals surface area contributed by atoms with Gasteiger partial charge in [0.15, 0.2) is 0 Å². The van der Waals surface area contributed by atoms with Gasteiger partial charge in [-0.05, 0) is 0 Å². The van der Waals surface area contributed by atoms with Gasteiger partial charge >= 0.3 is 6.03 Å². The van der Waals surface area contributed by atoms with Gasteiger partial charge in [-0.1, -0.05) is 36.4 Å². The van der Waals surface area contributed by atoms with Crippen LogP contribution in [0, 0.1) is 0 Å². The fraction of sp³-hybridized carbons (Fsp3) is 0. The maximum Gasteiger partial charge on any atom is 0.309 e. The smallest absolute Gasteiger partial charge is 0.309 e. The summed E-state index contributed by atoms with van der Waals surface area (Å²) in [6, 6.07) is 11.2. The number of carbonyl (C=O) groups excluding carboxylic acids is 1. The van der Waals surface area contributed by atoms with Crippen molar-refractivity contribution in [3.8, 4) is 0 Å². The summed E-state index contributed by atoms with van der Waals surface area (Å²) >= 11 is 0. The van der Waals surface area contributed by atoms with Crippen LogP contribution in [0.5, 0.6) is 0 Å². The van der Waals surface area contributed by atoms with Crippen LogP contribution in [0.25, 0.3) is 0 Å². The van der Waals surface area contributed by atoms with Gasteiger partial charge in [-0.2, -0.15) is 0 Å². The Morgan fingerprint density at radius 3 is 1.00 bits per heavy atom. The molecule has 0 aliphatic carbocycles. The van der Waals surface area contributed by atoms with Crippen molar-refractivity contribution < 1.29 is 32.5 Å². The summed E-state index contributed by atoms with van der Waals surface area (Å²) in [7, 11) is 0. The third-order valence-corrected chi connectivity index (χ3v) is 0.667. The molecule has 56 valence electrons. The molecule has 0 radical (unpaired) electrons. The van der Waals surface area contributed by atoms with Crippen molar-refractivity contribution in [1.82, 2.24) is 0 Å². The zero-order valence-electron chi connectivity index (χ0n) is 6.23. The van der Waals surface area contributed by atoms with E-state index < -0.39 is 6.03 Å². The van der Waals surface area contributed by atoms with E-state index in [-0.39, 0.29) is 27.7 Å². The van der Waals surface area contributed by atoms with Crippen LogP contribution in [0.15, 0.2) is 36.4 Å². The van der Waals surface area contributed by atoms with Gasteiger partial charge in [0, 0.05) is 27.7 Å². The minimum absolute atomic E-state index is 0. The topological polar surface area (TPSA) is 69.1 Å². The van der Waals surface area contributed by atoms with E-state index in [1.165, 1.54) is 0 Å². The third kappa shape index (κ3) is 17.7. The average Bonchev–Trinajstić information content (AvgIpc) is 1.90. The van der Waals surface area contributed by atoms with E-state index in [2.05, 4.69) is 11.5 Å². The quantitative estimate of drug-likeness (QED) is 0.672. The molecule has 0 aromatic heterocycles. The first kappa shape index (κ1) is 13.0. The molecule has 3 nitrogen and oxygen atoms in total. The summed E-state index contributed by atoms with van der Waals surface area (Å²) < 4.78 is 0. The number of primary amides is 2. The average molecular weight is 339 g/mol. The van der Waals surface area contributed by atoms with Crippen molar-refractivity contribution in [2.24, 2.45) is 11.5 Å². The Morgan fingerprint density at radius 2 is 0.909 bits per heavy atom. The summed E-state index contributed by atoms with van der Waals surface area (Å²) in [5, 5.41) is 0. The molecule has 0 fully saturated rings. The first-order chi connectivity index (χ1) is 4.73. The molecule has 1 aromatic carbocycles. The molecule has 11 heavy (non-hydrogen) atoms. The van der Waals surface area contributed by atoms with Crippen LogP contribution in [0.4, 0.5) is 4.79 Å². The van der Waals surface area contributed by atoms with Gasteiger partial charge in [0.1, 0.15) is 0 Å². The van der Waals surface area contributed by atoms with Gasteiger partial charge in [-0.25, -0.2) is 4.79 Å². The first-order valence-electron chi connectivity index (χ1n) is 2.78. The molecule has 2 amide bonds. The van der Waals surface area contributed by atoms with Crippen LogP contribution in [0.3, 0.4) is 0 Å². The second-order valence-corrected chi connectivity index (χ2v) is 1.56. The van der Waals surface area contributed by atoms with Crippen molar-refractivity contribution in [3.63, 3.8) is 0 Å². The Kier molecular flexibility index (Phi) is 11.2. The van der Waals surface area contributed by atoms with Gasteiger partial charge in [0.2, 0.25) is 0 Å². The molecule has 4 N–H and O–H groups in total. The van der Waals surface area contributed by atoms with Crippen molar-refractivity contribution in [1.29, 1.82) is 0 Å². The van der Waals surface area contributed by atoms with E-state index in [0.29, 0.717) is 0 Å². The molecular weight excluding hydrogens is 329 g/mol. The van der Waals surface area contributed by atoms with Crippen molar-refractivity contribution in [2.45, 2.75) is 0 Å². The molecule has 0 saturated heterocycles. The van der Waals surface area contributed by atoms with Crippen LogP contribution in [0.2, 0.25) is 0 Å². The Hall–Kier alpha value is -0.575. The number of nitrogens with two attached hydrogens (primary N) is 2. The standard InChI is InChI=1S/C6H6.CH4N2O.Hg/c1-2-4-6-5-3-1;2-1(3)4;/h1-6H;(H4,2,3,4);. The Labute approximate surface area is 86.3 Å². The van der Waals surface area contributed by atoms with Crippen molar-refractivity contribution in [3.05, 3.63) is 36.4 Å². The molecular formula is C7H10HgN2O. The molecule has 1 rings (SSSR count). The second-order valence-electron chi connectivity index (χ2n) is 1.56. The van der Waals surface area contributed by atoms with Crippen LogP contribution in [0.1, 0.15) is 0 Å². The summed E-state index contributed by atoms with van der Waals surface area (Å²) in [6.45, 7) is 0. The third-order valence-electron chi connectivity index (χ3n) is 0.667. The first-order valence-corrected chi connectivity index (χ1v) is 2.78. The second kappa shape index (κ2) is 9.43. The molecule has 0 heterocycles. The summed E-state index contributed by atoms with van der Waals surface area (Å²) in [5.41, 5.74) is 8.50. The maximum atomic E-state index is 9.00. The normalized spacial score (nSPS) is 6.55. The predicted molar refractivity (Wildman–Crippen MR) is 40.2 cm³/mol. The number of rotatable bonds is 0. The summed E-state index contributed by atoms with van der Waals surface area (Å²) in [6.07, 6.45) is 0. The van der Waals surface area contributed by atoms with Crippen molar-refractivity contribution in [2.75, 3.05) is 0 Å². The molecule has 4 heteroatoms. The summed E-state index contributed by atoms with van der Waals surface area (Å²) in [4.78, 5) is 9.00. The molecule has 1 aromatic rings. The molecule has 0 unspecified atom stereocenters. The molecule has 0 aliphatic heterocycles. The molecule has 0 atom stereocenters. The van der Waals surface area contributed by atoms with E-state index in [9.17, 15) is 0 Å². The van der Waals surface area contributed by atoms with Crippen LogP contribution in [-0.2, 0) is 27.7 Å². The molecule has 0 bridgehead atoms. The van der Waals surface area contributed by atoms with E-state index in [1.54, 1.807) is 0 Å². The number of hydrogen-bond donors (Lipinski definition) is 2. The maximum absolute atomic E-state index is 9.00. The Morgan fingerprint density at radius 1 is 0.818 bits per heavy atom.